The number of rotatable bonds is 2. The highest BCUT2D eigenvalue weighted by Gasteiger charge is 2.28. The summed E-state index contributed by atoms with van der Waals surface area (Å²) in [5.41, 5.74) is 0.507. The molecule has 0 nitrogen and oxygen atoms in total. The van der Waals surface area contributed by atoms with Gasteiger partial charge in [-0.2, -0.15) is 0 Å². The topological polar surface area (TPSA) is 0 Å². The fraction of sp³-hybridized carbons (Fsp3) is 0.714. The van der Waals surface area contributed by atoms with Crippen molar-refractivity contribution in [2.24, 2.45) is 17.3 Å². The fourth-order valence-electron chi connectivity index (χ4n) is 2.41. The average molecular weight is 192 g/mol. The Morgan fingerprint density at radius 2 is 1.64 bits per heavy atom. The van der Waals surface area contributed by atoms with Crippen molar-refractivity contribution >= 4 is 0 Å². The van der Waals surface area contributed by atoms with Crippen molar-refractivity contribution < 1.29 is 0 Å². The first-order valence-corrected chi connectivity index (χ1v) is 5.83. The Kier molecular flexibility index (Phi) is 3.97. The lowest BCUT2D eigenvalue weighted by Gasteiger charge is -2.36. The zero-order valence-corrected chi connectivity index (χ0v) is 9.92. The second kappa shape index (κ2) is 4.82. The second-order valence-corrected chi connectivity index (χ2v) is 5.60. The van der Waals surface area contributed by atoms with Crippen LogP contribution < -0.4 is 0 Å². The third kappa shape index (κ3) is 3.32. The van der Waals surface area contributed by atoms with E-state index in [0.717, 1.165) is 11.8 Å². The van der Waals surface area contributed by atoms with Gasteiger partial charge in [0.1, 0.15) is 0 Å². The summed E-state index contributed by atoms with van der Waals surface area (Å²) in [6, 6.07) is 0. The normalized spacial score (nSPS) is 29.4. The lowest BCUT2D eigenvalue weighted by molar-refractivity contribution is 0.163. The van der Waals surface area contributed by atoms with E-state index in [-0.39, 0.29) is 0 Å². The minimum atomic E-state index is 0.507. The zero-order chi connectivity index (χ0) is 10.6. The number of allylic oxidation sites excluding steroid dienone is 3. The summed E-state index contributed by atoms with van der Waals surface area (Å²) in [6.45, 7) is 10.8. The molecule has 0 aliphatic heterocycles. The summed E-state index contributed by atoms with van der Waals surface area (Å²) < 4.78 is 0. The van der Waals surface area contributed by atoms with Crippen molar-refractivity contribution in [2.75, 3.05) is 0 Å². The summed E-state index contributed by atoms with van der Waals surface area (Å²) in [6.07, 6.45) is 11.8. The van der Waals surface area contributed by atoms with Crippen LogP contribution in [0.1, 0.15) is 46.5 Å². The maximum atomic E-state index is 3.71. The van der Waals surface area contributed by atoms with Crippen molar-refractivity contribution in [2.45, 2.75) is 46.5 Å². The highest BCUT2D eigenvalue weighted by molar-refractivity contribution is 5.01. The van der Waals surface area contributed by atoms with Crippen LogP contribution in [0.25, 0.3) is 0 Å². The molecule has 0 radical (unpaired) electrons. The average Bonchev–Trinajstić information content (AvgIpc) is 2.14. The number of hydrogen-bond donors (Lipinski definition) is 0. The monoisotopic (exact) mass is 192 g/mol. The zero-order valence-electron chi connectivity index (χ0n) is 9.92. The predicted molar refractivity (Wildman–Crippen MR) is 64.2 cm³/mol. The van der Waals surface area contributed by atoms with Gasteiger partial charge in [-0.3, -0.25) is 0 Å². The molecule has 0 aromatic carbocycles. The first kappa shape index (κ1) is 11.6. The van der Waals surface area contributed by atoms with Gasteiger partial charge < -0.3 is 0 Å². The van der Waals surface area contributed by atoms with E-state index in [2.05, 4.69) is 39.5 Å². The Balaban J connectivity index is 2.38. The van der Waals surface area contributed by atoms with Crippen molar-refractivity contribution in [3.8, 4) is 0 Å². The van der Waals surface area contributed by atoms with E-state index in [1.807, 2.05) is 6.08 Å². The summed E-state index contributed by atoms with van der Waals surface area (Å²) in [7, 11) is 0. The fourth-order valence-corrected chi connectivity index (χ4v) is 2.41. The van der Waals surface area contributed by atoms with Gasteiger partial charge >= 0.3 is 0 Å². The lowest BCUT2D eigenvalue weighted by atomic mass is 9.70. The summed E-state index contributed by atoms with van der Waals surface area (Å²) >= 11 is 0. The second-order valence-electron chi connectivity index (χ2n) is 5.60. The summed E-state index contributed by atoms with van der Waals surface area (Å²) in [4.78, 5) is 0. The van der Waals surface area contributed by atoms with Crippen LogP contribution in [0.5, 0.6) is 0 Å². The van der Waals surface area contributed by atoms with E-state index in [0.29, 0.717) is 5.41 Å². The van der Waals surface area contributed by atoms with Crippen LogP contribution in [-0.2, 0) is 0 Å². The first-order valence-electron chi connectivity index (χ1n) is 5.83. The number of hydrogen-bond acceptors (Lipinski definition) is 0. The Morgan fingerprint density at radius 3 is 2.07 bits per heavy atom. The third-order valence-corrected chi connectivity index (χ3v) is 3.52. The predicted octanol–water partition coefficient (Wildman–Crippen LogP) is 4.58. The Labute approximate surface area is 89.1 Å². The molecule has 1 saturated carbocycles. The molecule has 1 rings (SSSR count). The largest absolute Gasteiger partial charge is 0.0991 e. The molecule has 0 atom stereocenters. The van der Waals surface area contributed by atoms with Gasteiger partial charge in [0.15, 0.2) is 0 Å². The van der Waals surface area contributed by atoms with Gasteiger partial charge in [-0.15, -0.1) is 0 Å². The van der Waals surface area contributed by atoms with Gasteiger partial charge in [0.2, 0.25) is 0 Å². The summed E-state index contributed by atoms with van der Waals surface area (Å²) in [5, 5.41) is 0. The molecular formula is C14H24. The van der Waals surface area contributed by atoms with Crippen LogP contribution >= 0.6 is 0 Å². The molecule has 0 spiro atoms. The van der Waals surface area contributed by atoms with E-state index in [9.17, 15) is 0 Å². The third-order valence-electron chi connectivity index (χ3n) is 3.52. The van der Waals surface area contributed by atoms with Crippen LogP contribution in [-0.4, -0.2) is 0 Å². The standard InChI is InChI=1S/C14H24/c1-5-6-7-12-8-10-13(11-9-12)14(2,3)4/h5-7,12-13H,1,8-11H2,2-4H3/b7-6+. The Morgan fingerprint density at radius 1 is 1.07 bits per heavy atom. The molecule has 1 aliphatic carbocycles. The molecule has 80 valence electrons. The molecule has 14 heavy (non-hydrogen) atoms. The molecule has 0 aromatic heterocycles. The molecule has 0 aromatic rings. The van der Waals surface area contributed by atoms with Gasteiger partial charge in [-0.25, -0.2) is 0 Å². The van der Waals surface area contributed by atoms with Gasteiger partial charge in [-0.05, 0) is 42.9 Å². The Bertz CT molecular complexity index is 197. The van der Waals surface area contributed by atoms with Crippen molar-refractivity contribution in [3.63, 3.8) is 0 Å². The first-order chi connectivity index (χ1) is 6.54. The van der Waals surface area contributed by atoms with E-state index >= 15 is 0 Å². The van der Waals surface area contributed by atoms with Crippen molar-refractivity contribution in [1.82, 2.24) is 0 Å². The van der Waals surface area contributed by atoms with E-state index in [1.54, 1.807) is 0 Å². The van der Waals surface area contributed by atoms with Crippen molar-refractivity contribution in [3.05, 3.63) is 24.8 Å². The molecule has 0 bridgehead atoms. The van der Waals surface area contributed by atoms with Gasteiger partial charge in [0.05, 0.1) is 0 Å². The molecule has 0 amide bonds. The van der Waals surface area contributed by atoms with Crippen LogP contribution in [0.2, 0.25) is 0 Å². The maximum Gasteiger partial charge on any atom is -0.0230 e. The van der Waals surface area contributed by atoms with E-state index < -0.39 is 0 Å². The molecule has 0 saturated heterocycles. The molecule has 1 aliphatic rings. The highest BCUT2D eigenvalue weighted by Crippen LogP contribution is 2.39. The smallest absolute Gasteiger partial charge is 0.0230 e. The van der Waals surface area contributed by atoms with Gasteiger partial charge in [0, 0.05) is 0 Å². The molecular weight excluding hydrogens is 168 g/mol. The van der Waals surface area contributed by atoms with Crippen LogP contribution in [0.15, 0.2) is 24.8 Å². The minimum Gasteiger partial charge on any atom is -0.0991 e. The van der Waals surface area contributed by atoms with Gasteiger partial charge in [0.25, 0.3) is 0 Å². The van der Waals surface area contributed by atoms with E-state index in [1.165, 1.54) is 25.7 Å². The molecule has 0 heteroatoms. The molecule has 0 unspecified atom stereocenters. The SMILES string of the molecule is C=C/C=C/C1CCC(C(C)(C)C)CC1. The quantitative estimate of drug-likeness (QED) is 0.562. The van der Waals surface area contributed by atoms with Crippen LogP contribution in [0.4, 0.5) is 0 Å². The molecule has 0 N–H and O–H groups in total. The van der Waals surface area contributed by atoms with Crippen LogP contribution in [0, 0.1) is 17.3 Å². The van der Waals surface area contributed by atoms with Crippen molar-refractivity contribution in [1.29, 1.82) is 0 Å². The lowest BCUT2D eigenvalue weighted by Crippen LogP contribution is -2.25. The maximum absolute atomic E-state index is 3.71. The highest BCUT2D eigenvalue weighted by atomic mass is 14.3. The molecule has 0 heterocycles. The molecule has 1 fully saturated rings. The minimum absolute atomic E-state index is 0.507. The Hall–Kier alpha value is -0.520. The van der Waals surface area contributed by atoms with E-state index in [4.69, 9.17) is 0 Å². The van der Waals surface area contributed by atoms with Gasteiger partial charge in [-0.1, -0.05) is 45.6 Å². The summed E-state index contributed by atoms with van der Waals surface area (Å²) in [5.74, 6) is 1.74. The van der Waals surface area contributed by atoms with Crippen LogP contribution in [0.3, 0.4) is 0 Å².